The number of benzene rings is 3. The molecule has 1 nitrogen and oxygen atoms in total. The largest absolute Gasteiger partial charge is 0.379 e. The summed E-state index contributed by atoms with van der Waals surface area (Å²) in [7, 11) is 0. The van der Waals surface area contributed by atoms with Gasteiger partial charge in [0.15, 0.2) is 0 Å². The van der Waals surface area contributed by atoms with Gasteiger partial charge in [-0.3, -0.25) is 0 Å². The highest BCUT2D eigenvalue weighted by molar-refractivity contribution is 7.98. The number of anilines is 1. The number of hydrogen-bond acceptors (Lipinski definition) is 2. The second kappa shape index (κ2) is 6.23. The molecule has 0 heterocycles. The highest BCUT2D eigenvalue weighted by Crippen LogP contribution is 2.24. The van der Waals surface area contributed by atoms with E-state index >= 15 is 0 Å². The Morgan fingerprint density at radius 3 is 2.29 bits per heavy atom. The molecule has 0 saturated carbocycles. The molecule has 0 aliphatic carbocycles. The van der Waals surface area contributed by atoms with Crippen molar-refractivity contribution in [3.05, 3.63) is 72.3 Å². The summed E-state index contributed by atoms with van der Waals surface area (Å²) in [5.41, 5.74) is 2.47. The monoisotopic (exact) mass is 293 g/mol. The molecule has 0 saturated heterocycles. The van der Waals surface area contributed by atoms with Crippen LogP contribution in [0.15, 0.2) is 71.6 Å². The summed E-state index contributed by atoms with van der Waals surface area (Å²) >= 11 is 1.77. The maximum Gasteiger partial charge on any atom is 0.0485 e. The predicted octanol–water partition coefficient (Wildman–Crippen LogP) is 5.73. The minimum Gasteiger partial charge on any atom is -0.379 e. The van der Waals surface area contributed by atoms with E-state index in [4.69, 9.17) is 0 Å². The zero-order valence-electron chi connectivity index (χ0n) is 12.3. The van der Waals surface area contributed by atoms with Crippen molar-refractivity contribution in [3.63, 3.8) is 0 Å². The lowest BCUT2D eigenvalue weighted by atomic mass is 10.1. The zero-order valence-corrected chi connectivity index (χ0v) is 13.2. The van der Waals surface area contributed by atoms with Crippen molar-refractivity contribution in [2.75, 3.05) is 11.6 Å². The van der Waals surface area contributed by atoms with Gasteiger partial charge < -0.3 is 5.32 Å². The highest BCUT2D eigenvalue weighted by Gasteiger charge is 2.05. The van der Waals surface area contributed by atoms with E-state index in [1.165, 1.54) is 21.2 Å². The van der Waals surface area contributed by atoms with Gasteiger partial charge in [0, 0.05) is 16.6 Å². The lowest BCUT2D eigenvalue weighted by molar-refractivity contribution is 0.883. The first-order chi connectivity index (χ1) is 10.3. The summed E-state index contributed by atoms with van der Waals surface area (Å²) < 4.78 is 0. The molecule has 0 fully saturated rings. The summed E-state index contributed by atoms with van der Waals surface area (Å²) in [4.78, 5) is 1.30. The molecule has 0 spiro atoms. The molecule has 106 valence electrons. The minimum absolute atomic E-state index is 0.294. The fourth-order valence-electron chi connectivity index (χ4n) is 2.51. The van der Waals surface area contributed by atoms with Gasteiger partial charge in [-0.15, -0.1) is 11.8 Å². The summed E-state index contributed by atoms with van der Waals surface area (Å²) in [6.07, 6.45) is 2.10. The summed E-state index contributed by atoms with van der Waals surface area (Å²) in [5, 5.41) is 6.13. The van der Waals surface area contributed by atoms with E-state index in [2.05, 4.69) is 85.2 Å². The van der Waals surface area contributed by atoms with Crippen LogP contribution in [0, 0.1) is 0 Å². The molecule has 0 aliphatic heterocycles. The SMILES string of the molecule is CSc1ccc(C(C)Nc2ccc3ccccc3c2)cc1. The Morgan fingerprint density at radius 1 is 0.857 bits per heavy atom. The fourth-order valence-corrected chi connectivity index (χ4v) is 2.91. The maximum absolute atomic E-state index is 3.58. The average Bonchev–Trinajstić information content (AvgIpc) is 2.55. The van der Waals surface area contributed by atoms with Crippen molar-refractivity contribution in [2.24, 2.45) is 0 Å². The molecule has 3 aromatic rings. The third-order valence-electron chi connectivity index (χ3n) is 3.75. The van der Waals surface area contributed by atoms with Crippen LogP contribution >= 0.6 is 11.8 Å². The van der Waals surface area contributed by atoms with Crippen molar-refractivity contribution >= 4 is 28.2 Å². The smallest absolute Gasteiger partial charge is 0.0485 e. The maximum atomic E-state index is 3.58. The summed E-state index contributed by atoms with van der Waals surface area (Å²) in [5.74, 6) is 0. The van der Waals surface area contributed by atoms with Crippen LogP contribution < -0.4 is 5.32 Å². The van der Waals surface area contributed by atoms with Crippen LogP contribution in [0.1, 0.15) is 18.5 Å². The zero-order chi connectivity index (χ0) is 14.7. The second-order valence-corrected chi connectivity index (χ2v) is 6.08. The van der Waals surface area contributed by atoms with Crippen LogP contribution in [0.4, 0.5) is 5.69 Å². The van der Waals surface area contributed by atoms with E-state index < -0.39 is 0 Å². The van der Waals surface area contributed by atoms with Crippen LogP contribution in [0.2, 0.25) is 0 Å². The highest BCUT2D eigenvalue weighted by atomic mass is 32.2. The topological polar surface area (TPSA) is 12.0 Å². The molecule has 0 bridgehead atoms. The number of hydrogen-bond donors (Lipinski definition) is 1. The standard InChI is InChI=1S/C19H19NS/c1-14(15-8-11-19(21-2)12-9-15)20-18-10-7-16-5-3-4-6-17(16)13-18/h3-14,20H,1-2H3. The molecule has 1 unspecified atom stereocenters. The number of fused-ring (bicyclic) bond motifs is 1. The van der Waals surface area contributed by atoms with E-state index in [9.17, 15) is 0 Å². The Labute approximate surface area is 130 Å². The number of nitrogens with one attached hydrogen (secondary N) is 1. The molecule has 1 N–H and O–H groups in total. The van der Waals surface area contributed by atoms with E-state index in [0.717, 1.165) is 5.69 Å². The van der Waals surface area contributed by atoms with Crippen molar-refractivity contribution in [1.29, 1.82) is 0 Å². The Bertz CT molecular complexity index is 734. The van der Waals surface area contributed by atoms with E-state index in [0.29, 0.717) is 6.04 Å². The lowest BCUT2D eigenvalue weighted by Crippen LogP contribution is -2.06. The summed E-state index contributed by atoms with van der Waals surface area (Å²) in [6, 6.07) is 24.0. The molecule has 1 atom stereocenters. The van der Waals surface area contributed by atoms with E-state index in [-0.39, 0.29) is 0 Å². The Kier molecular flexibility index (Phi) is 4.16. The third-order valence-corrected chi connectivity index (χ3v) is 4.49. The number of rotatable bonds is 4. The molecule has 21 heavy (non-hydrogen) atoms. The van der Waals surface area contributed by atoms with Gasteiger partial charge in [-0.1, -0.05) is 42.5 Å². The van der Waals surface area contributed by atoms with Gasteiger partial charge in [0.1, 0.15) is 0 Å². The first-order valence-electron chi connectivity index (χ1n) is 7.15. The first-order valence-corrected chi connectivity index (χ1v) is 8.38. The van der Waals surface area contributed by atoms with Gasteiger partial charge in [-0.05, 0) is 53.8 Å². The van der Waals surface area contributed by atoms with Crippen LogP contribution in [0.25, 0.3) is 10.8 Å². The van der Waals surface area contributed by atoms with Gasteiger partial charge in [0.05, 0.1) is 0 Å². The first kappa shape index (κ1) is 14.0. The van der Waals surface area contributed by atoms with Gasteiger partial charge in [-0.2, -0.15) is 0 Å². The van der Waals surface area contributed by atoms with E-state index in [1.807, 2.05) is 0 Å². The van der Waals surface area contributed by atoms with Gasteiger partial charge in [0.25, 0.3) is 0 Å². The van der Waals surface area contributed by atoms with Gasteiger partial charge in [-0.25, -0.2) is 0 Å². The molecule has 0 aromatic heterocycles. The molecule has 0 radical (unpaired) electrons. The van der Waals surface area contributed by atoms with Crippen molar-refractivity contribution in [2.45, 2.75) is 17.9 Å². The minimum atomic E-state index is 0.294. The van der Waals surface area contributed by atoms with Crippen LogP contribution in [0.3, 0.4) is 0 Å². The predicted molar refractivity (Wildman–Crippen MR) is 94.2 cm³/mol. The molecule has 0 aliphatic rings. The summed E-state index contributed by atoms with van der Waals surface area (Å²) in [6.45, 7) is 2.20. The lowest BCUT2D eigenvalue weighted by Gasteiger charge is -2.16. The molecule has 3 aromatic carbocycles. The average molecular weight is 293 g/mol. The van der Waals surface area contributed by atoms with Crippen LogP contribution in [-0.4, -0.2) is 6.26 Å². The molecule has 0 amide bonds. The van der Waals surface area contributed by atoms with Gasteiger partial charge in [0.2, 0.25) is 0 Å². The Hall–Kier alpha value is -1.93. The van der Waals surface area contributed by atoms with Gasteiger partial charge >= 0.3 is 0 Å². The molecular formula is C19H19NS. The number of thioether (sulfide) groups is 1. The normalized spacial score (nSPS) is 12.3. The van der Waals surface area contributed by atoms with Crippen molar-refractivity contribution in [1.82, 2.24) is 0 Å². The second-order valence-electron chi connectivity index (χ2n) is 5.20. The molecular weight excluding hydrogens is 274 g/mol. The molecule has 2 heteroatoms. The van der Waals surface area contributed by atoms with Crippen molar-refractivity contribution in [3.8, 4) is 0 Å². The van der Waals surface area contributed by atoms with Crippen LogP contribution in [0.5, 0.6) is 0 Å². The van der Waals surface area contributed by atoms with Crippen LogP contribution in [-0.2, 0) is 0 Å². The quantitative estimate of drug-likeness (QED) is 0.616. The van der Waals surface area contributed by atoms with Crippen molar-refractivity contribution < 1.29 is 0 Å². The third kappa shape index (κ3) is 3.22. The Balaban J connectivity index is 1.79. The Morgan fingerprint density at radius 2 is 1.57 bits per heavy atom. The van der Waals surface area contributed by atoms with E-state index in [1.54, 1.807) is 11.8 Å². The fraction of sp³-hybridized carbons (Fsp3) is 0.158. The molecule has 3 rings (SSSR count).